The van der Waals surface area contributed by atoms with Gasteiger partial charge in [0.25, 0.3) is 0 Å². The van der Waals surface area contributed by atoms with Crippen molar-refractivity contribution in [2.45, 2.75) is 58.4 Å². The van der Waals surface area contributed by atoms with Crippen molar-refractivity contribution in [2.24, 2.45) is 0 Å². The number of ether oxygens (including phenoxy) is 2. The van der Waals surface area contributed by atoms with Crippen LogP contribution in [0, 0.1) is 6.92 Å². The number of carbonyl (C=O) groups excluding carboxylic acids is 1. The number of unbranched alkanes of at least 4 members (excludes halogenated alkanes) is 5. The number of hydrogen-bond acceptors (Lipinski definition) is 3. The molecule has 2 aromatic rings. The molecule has 0 aromatic heterocycles. The SMILES string of the molecule is CCCCCCCCOC(=O)N[C@H]1c2ccccc2Oc2c(C)cccc21. The highest BCUT2D eigenvalue weighted by molar-refractivity contribution is 5.70. The van der Waals surface area contributed by atoms with Crippen LogP contribution in [0.3, 0.4) is 0 Å². The fourth-order valence-corrected chi connectivity index (χ4v) is 3.49. The molecule has 4 nitrogen and oxygen atoms in total. The molecule has 0 bridgehead atoms. The Morgan fingerprint density at radius 1 is 1.00 bits per heavy atom. The second-order valence-corrected chi connectivity index (χ2v) is 7.11. The van der Waals surface area contributed by atoms with Gasteiger partial charge in [-0.1, -0.05) is 75.4 Å². The molecule has 0 spiro atoms. The summed E-state index contributed by atoms with van der Waals surface area (Å²) in [6.45, 7) is 4.69. The number of aryl methyl sites for hydroxylation is 1. The Bertz CT molecular complexity index is 772. The molecule has 3 rings (SSSR count). The average Bonchev–Trinajstić information content (AvgIpc) is 2.68. The summed E-state index contributed by atoms with van der Waals surface area (Å²) in [4.78, 5) is 12.4. The zero-order valence-electron chi connectivity index (χ0n) is 16.3. The molecule has 0 saturated heterocycles. The monoisotopic (exact) mass is 367 g/mol. The molecule has 1 aliphatic heterocycles. The molecule has 27 heavy (non-hydrogen) atoms. The Balaban J connectivity index is 1.61. The van der Waals surface area contributed by atoms with Gasteiger partial charge in [-0.2, -0.15) is 0 Å². The lowest BCUT2D eigenvalue weighted by Crippen LogP contribution is -2.32. The summed E-state index contributed by atoms with van der Waals surface area (Å²) in [5, 5.41) is 3.03. The summed E-state index contributed by atoms with van der Waals surface area (Å²) in [7, 11) is 0. The van der Waals surface area contributed by atoms with Crippen LogP contribution in [0.5, 0.6) is 11.5 Å². The zero-order chi connectivity index (χ0) is 19.1. The van der Waals surface area contributed by atoms with Crippen molar-refractivity contribution in [1.82, 2.24) is 5.32 Å². The van der Waals surface area contributed by atoms with Gasteiger partial charge in [-0.25, -0.2) is 4.79 Å². The normalized spacial score (nSPS) is 14.7. The van der Waals surface area contributed by atoms with Crippen LogP contribution in [-0.2, 0) is 4.74 Å². The first-order valence-electron chi connectivity index (χ1n) is 10.00. The highest BCUT2D eigenvalue weighted by Crippen LogP contribution is 2.44. The van der Waals surface area contributed by atoms with Gasteiger partial charge in [-0.05, 0) is 25.0 Å². The maximum Gasteiger partial charge on any atom is 0.407 e. The first-order chi connectivity index (χ1) is 13.2. The lowest BCUT2D eigenvalue weighted by Gasteiger charge is -2.29. The van der Waals surface area contributed by atoms with Crippen LogP contribution in [0.25, 0.3) is 0 Å². The lowest BCUT2D eigenvalue weighted by molar-refractivity contribution is 0.141. The summed E-state index contributed by atoms with van der Waals surface area (Å²) in [6, 6.07) is 13.6. The van der Waals surface area contributed by atoms with Crippen LogP contribution in [0.15, 0.2) is 42.5 Å². The van der Waals surface area contributed by atoms with Gasteiger partial charge in [0.15, 0.2) is 0 Å². The molecule has 1 aliphatic rings. The second-order valence-electron chi connectivity index (χ2n) is 7.11. The summed E-state index contributed by atoms with van der Waals surface area (Å²) in [6.07, 6.45) is 6.64. The Labute approximate surface area is 161 Å². The van der Waals surface area contributed by atoms with Gasteiger partial charge in [-0.15, -0.1) is 0 Å². The number of hydrogen-bond donors (Lipinski definition) is 1. The molecule has 0 saturated carbocycles. The number of carbonyl (C=O) groups is 1. The van der Waals surface area contributed by atoms with Crippen LogP contribution in [0.1, 0.15) is 68.2 Å². The maximum atomic E-state index is 12.4. The zero-order valence-corrected chi connectivity index (χ0v) is 16.3. The summed E-state index contributed by atoms with van der Waals surface area (Å²) in [5.74, 6) is 1.60. The molecule has 1 heterocycles. The van der Waals surface area contributed by atoms with Crippen LogP contribution in [-0.4, -0.2) is 12.7 Å². The standard InChI is InChI=1S/C23H29NO3/c1-3-4-5-6-7-10-16-26-23(25)24-21-18-13-8-9-15-20(18)27-22-17(2)12-11-14-19(21)22/h8-9,11-15,21H,3-7,10,16H2,1-2H3,(H,24,25)/t21-/m0/s1. The number of fused-ring (bicyclic) bond motifs is 2. The van der Waals surface area contributed by atoms with Gasteiger partial charge < -0.3 is 14.8 Å². The molecule has 0 aliphatic carbocycles. The summed E-state index contributed by atoms with van der Waals surface area (Å²) in [5.41, 5.74) is 2.96. The van der Waals surface area contributed by atoms with E-state index in [0.29, 0.717) is 6.61 Å². The largest absolute Gasteiger partial charge is 0.456 e. The van der Waals surface area contributed by atoms with E-state index in [-0.39, 0.29) is 12.1 Å². The van der Waals surface area contributed by atoms with Crippen molar-refractivity contribution >= 4 is 6.09 Å². The molecule has 1 amide bonds. The molecule has 144 valence electrons. The van der Waals surface area contributed by atoms with E-state index in [1.165, 1.54) is 25.7 Å². The van der Waals surface area contributed by atoms with Crippen LogP contribution in [0.2, 0.25) is 0 Å². The van der Waals surface area contributed by atoms with E-state index in [1.807, 2.05) is 49.4 Å². The highest BCUT2D eigenvalue weighted by Gasteiger charge is 2.29. The predicted molar refractivity (Wildman–Crippen MR) is 107 cm³/mol. The van der Waals surface area contributed by atoms with Crippen LogP contribution < -0.4 is 10.1 Å². The average molecular weight is 367 g/mol. The first kappa shape index (κ1) is 19.3. The second kappa shape index (κ2) is 9.45. The third-order valence-corrected chi connectivity index (χ3v) is 4.99. The van der Waals surface area contributed by atoms with Crippen LogP contribution in [0.4, 0.5) is 4.79 Å². The van der Waals surface area contributed by atoms with E-state index in [1.54, 1.807) is 0 Å². The van der Waals surface area contributed by atoms with E-state index >= 15 is 0 Å². The molecule has 0 unspecified atom stereocenters. The number of nitrogens with one attached hydrogen (secondary N) is 1. The first-order valence-corrected chi connectivity index (χ1v) is 10.00. The third-order valence-electron chi connectivity index (χ3n) is 4.99. The number of amides is 1. The van der Waals surface area contributed by atoms with Gasteiger partial charge in [0.2, 0.25) is 0 Å². The van der Waals surface area contributed by atoms with E-state index < -0.39 is 0 Å². The predicted octanol–water partition coefficient (Wildman–Crippen LogP) is 6.28. The third kappa shape index (κ3) is 4.82. The van der Waals surface area contributed by atoms with Crippen molar-refractivity contribution in [2.75, 3.05) is 6.61 Å². The van der Waals surface area contributed by atoms with Gasteiger partial charge >= 0.3 is 6.09 Å². The minimum atomic E-state index is -0.377. The summed E-state index contributed by atoms with van der Waals surface area (Å²) >= 11 is 0. The fourth-order valence-electron chi connectivity index (χ4n) is 3.49. The summed E-state index contributed by atoms with van der Waals surface area (Å²) < 4.78 is 11.5. The topological polar surface area (TPSA) is 47.6 Å². The van der Waals surface area contributed by atoms with Crippen molar-refractivity contribution in [3.8, 4) is 11.5 Å². The quantitative estimate of drug-likeness (QED) is 0.559. The van der Waals surface area contributed by atoms with Crippen molar-refractivity contribution in [3.63, 3.8) is 0 Å². The molecular formula is C23H29NO3. The van der Waals surface area contributed by atoms with E-state index in [2.05, 4.69) is 12.2 Å². The van der Waals surface area contributed by atoms with Gasteiger partial charge in [0.1, 0.15) is 11.5 Å². The fraction of sp³-hybridized carbons (Fsp3) is 0.435. The van der Waals surface area contributed by atoms with E-state index in [0.717, 1.165) is 41.0 Å². The van der Waals surface area contributed by atoms with Crippen molar-refractivity contribution < 1.29 is 14.3 Å². The minimum absolute atomic E-state index is 0.262. The number of rotatable bonds is 8. The van der Waals surface area contributed by atoms with Gasteiger partial charge in [0, 0.05) is 11.1 Å². The van der Waals surface area contributed by atoms with Crippen molar-refractivity contribution in [1.29, 1.82) is 0 Å². The molecule has 4 heteroatoms. The molecule has 0 fully saturated rings. The lowest BCUT2D eigenvalue weighted by atomic mass is 9.93. The Hall–Kier alpha value is -2.49. The molecule has 2 aromatic carbocycles. The minimum Gasteiger partial charge on any atom is -0.456 e. The molecule has 1 N–H and O–H groups in total. The molecular weight excluding hydrogens is 338 g/mol. The van der Waals surface area contributed by atoms with E-state index in [4.69, 9.17) is 9.47 Å². The number of alkyl carbamates (subject to hydrolysis) is 1. The van der Waals surface area contributed by atoms with E-state index in [9.17, 15) is 4.79 Å². The molecule has 0 radical (unpaired) electrons. The molecule has 1 atom stereocenters. The Kier molecular flexibility index (Phi) is 6.74. The van der Waals surface area contributed by atoms with Gasteiger partial charge in [0.05, 0.1) is 12.6 Å². The van der Waals surface area contributed by atoms with Crippen molar-refractivity contribution in [3.05, 3.63) is 59.2 Å². The smallest absolute Gasteiger partial charge is 0.407 e. The highest BCUT2D eigenvalue weighted by atomic mass is 16.5. The maximum absolute atomic E-state index is 12.4. The number of para-hydroxylation sites is 2. The van der Waals surface area contributed by atoms with Crippen LogP contribution >= 0.6 is 0 Å². The Morgan fingerprint density at radius 3 is 2.59 bits per heavy atom. The number of benzene rings is 2. The Morgan fingerprint density at radius 2 is 1.74 bits per heavy atom. The van der Waals surface area contributed by atoms with Gasteiger partial charge in [-0.3, -0.25) is 0 Å².